The van der Waals surface area contributed by atoms with Gasteiger partial charge in [-0.15, -0.1) is 0 Å². The van der Waals surface area contributed by atoms with Gasteiger partial charge >= 0.3 is 12.1 Å². The number of aryl methyl sites for hydroxylation is 1. The van der Waals surface area contributed by atoms with Crippen molar-refractivity contribution in [3.05, 3.63) is 42.2 Å². The minimum atomic E-state index is -0.202. The van der Waals surface area contributed by atoms with E-state index in [0.717, 1.165) is 44.2 Å². The predicted octanol–water partition coefficient (Wildman–Crippen LogP) is 9.62. The number of carbonyl (C=O) groups excluding carboxylic acids is 4. The standard InChI is InChI=1S/C42H63NO3.CO2/c1-27(2)26-36(45)46-35-19-20-39(7)32(38(35,5)6)18-21-41(9)33(39)15-14-31-37-30(28(3)4)17-22-42(37,24-23-40(31,41)8)34(44)16-13-29-12-10-11-25-43-29;2-1-3/h10-12,25,27,30-33,35,37H,3,13-24,26H2,1-2,4-9H3;/t30-,31?,32?,33?,35?,37?,39-,40+,41+,42+;/m0./s1. The zero-order valence-electron chi connectivity index (χ0n) is 31.7. The fraction of sp³-hybridized carbons (Fsp3) is 0.767. The Balaban J connectivity index is 0.00000151. The third-order valence-electron chi connectivity index (χ3n) is 15.7. The van der Waals surface area contributed by atoms with Gasteiger partial charge in [-0.25, -0.2) is 0 Å². The minimum Gasteiger partial charge on any atom is -0.462 e. The number of ether oxygens (including phenoxy) is 1. The molecule has 5 aliphatic rings. The number of hydrogen-bond donors (Lipinski definition) is 0. The summed E-state index contributed by atoms with van der Waals surface area (Å²) in [6.45, 7) is 23.7. The van der Waals surface area contributed by atoms with Crippen LogP contribution in [-0.4, -0.2) is 29.0 Å². The second-order valence-electron chi connectivity index (χ2n) is 18.6. The highest BCUT2D eigenvalue weighted by atomic mass is 16.5. The summed E-state index contributed by atoms with van der Waals surface area (Å²) in [5.74, 6) is 3.44. The molecule has 270 valence electrons. The van der Waals surface area contributed by atoms with Gasteiger partial charge in [0.05, 0.1) is 0 Å². The molecule has 0 amide bonds. The van der Waals surface area contributed by atoms with Crippen molar-refractivity contribution in [3.8, 4) is 0 Å². The number of hydrogen-bond acceptors (Lipinski definition) is 6. The molecule has 6 rings (SSSR count). The van der Waals surface area contributed by atoms with Crippen LogP contribution < -0.4 is 0 Å². The van der Waals surface area contributed by atoms with Gasteiger partial charge in [-0.1, -0.05) is 66.7 Å². The monoisotopic (exact) mass is 673 g/mol. The number of allylic oxidation sites excluding steroid dienone is 1. The van der Waals surface area contributed by atoms with Gasteiger partial charge < -0.3 is 4.74 Å². The molecule has 1 heterocycles. The zero-order valence-corrected chi connectivity index (χ0v) is 31.7. The predicted molar refractivity (Wildman–Crippen MR) is 191 cm³/mol. The van der Waals surface area contributed by atoms with E-state index in [1.54, 1.807) is 0 Å². The molecule has 49 heavy (non-hydrogen) atoms. The van der Waals surface area contributed by atoms with Crippen molar-refractivity contribution in [1.29, 1.82) is 0 Å². The van der Waals surface area contributed by atoms with Crippen LogP contribution >= 0.6 is 0 Å². The summed E-state index contributed by atoms with van der Waals surface area (Å²) in [5, 5.41) is 0. The maximum atomic E-state index is 14.5. The highest BCUT2D eigenvalue weighted by molar-refractivity contribution is 5.86. The number of Topliss-reactive ketones (excluding diaryl/α,β-unsaturated/α-hetero) is 1. The van der Waals surface area contributed by atoms with E-state index in [-0.39, 0.29) is 45.3 Å². The van der Waals surface area contributed by atoms with Crippen LogP contribution in [0.3, 0.4) is 0 Å². The Bertz CT molecular complexity index is 1430. The maximum Gasteiger partial charge on any atom is 0.373 e. The van der Waals surface area contributed by atoms with Gasteiger partial charge in [0.1, 0.15) is 11.9 Å². The second kappa shape index (κ2) is 13.9. The Morgan fingerprint density at radius 1 is 0.918 bits per heavy atom. The first kappa shape index (κ1) is 37.7. The molecule has 1 aromatic heterocycles. The first-order valence-corrected chi connectivity index (χ1v) is 19.3. The van der Waals surface area contributed by atoms with Gasteiger partial charge in [-0.05, 0) is 141 Å². The van der Waals surface area contributed by atoms with Gasteiger partial charge in [0, 0.05) is 35.6 Å². The van der Waals surface area contributed by atoms with Crippen molar-refractivity contribution in [1.82, 2.24) is 4.98 Å². The molecular formula is C43H63NO5. The fourth-order valence-electron chi connectivity index (χ4n) is 13.4. The molecule has 0 N–H and O–H groups in total. The number of pyridine rings is 1. The molecule has 0 aromatic carbocycles. The lowest BCUT2D eigenvalue weighted by Gasteiger charge is -2.73. The Morgan fingerprint density at radius 2 is 1.63 bits per heavy atom. The lowest BCUT2D eigenvalue weighted by atomic mass is 9.32. The first-order valence-electron chi connectivity index (χ1n) is 19.3. The van der Waals surface area contributed by atoms with E-state index in [1.807, 2.05) is 18.3 Å². The molecule has 5 saturated carbocycles. The molecule has 0 bridgehead atoms. The first-order chi connectivity index (χ1) is 23.0. The number of rotatable bonds is 8. The van der Waals surface area contributed by atoms with Crippen molar-refractivity contribution >= 4 is 17.9 Å². The molecule has 10 atom stereocenters. The molecular weight excluding hydrogens is 610 g/mol. The lowest BCUT2D eigenvalue weighted by molar-refractivity contribution is -0.249. The number of fused-ring (bicyclic) bond motifs is 7. The molecule has 5 fully saturated rings. The summed E-state index contributed by atoms with van der Waals surface area (Å²) in [5.41, 5.74) is 2.78. The van der Waals surface area contributed by atoms with E-state index in [9.17, 15) is 9.59 Å². The fourth-order valence-corrected chi connectivity index (χ4v) is 13.4. The molecule has 6 nitrogen and oxygen atoms in total. The average molecular weight is 674 g/mol. The van der Waals surface area contributed by atoms with Crippen LogP contribution in [0.25, 0.3) is 0 Å². The Hall–Kier alpha value is -2.59. The minimum absolute atomic E-state index is 0.00955. The van der Waals surface area contributed by atoms with Crippen molar-refractivity contribution in [2.24, 2.45) is 62.6 Å². The van der Waals surface area contributed by atoms with Crippen LogP contribution in [0.15, 0.2) is 36.5 Å². The quantitative estimate of drug-likeness (QED) is 0.202. The van der Waals surface area contributed by atoms with E-state index in [2.05, 4.69) is 73.0 Å². The van der Waals surface area contributed by atoms with Crippen molar-refractivity contribution < 1.29 is 23.9 Å². The highest BCUT2D eigenvalue weighted by Gasteiger charge is 2.71. The van der Waals surface area contributed by atoms with Gasteiger partial charge in [0.15, 0.2) is 0 Å². The van der Waals surface area contributed by atoms with Crippen molar-refractivity contribution in [2.45, 2.75) is 145 Å². The van der Waals surface area contributed by atoms with Crippen LogP contribution in [0, 0.1) is 62.6 Å². The smallest absolute Gasteiger partial charge is 0.373 e. The normalized spacial score (nSPS) is 40.3. The van der Waals surface area contributed by atoms with Gasteiger partial charge in [0.25, 0.3) is 0 Å². The summed E-state index contributed by atoms with van der Waals surface area (Å²) in [4.78, 5) is 48.1. The molecule has 6 heteroatoms. The summed E-state index contributed by atoms with van der Waals surface area (Å²) in [7, 11) is 0. The third-order valence-corrected chi connectivity index (χ3v) is 15.7. The van der Waals surface area contributed by atoms with Gasteiger partial charge in [-0.2, -0.15) is 9.59 Å². The van der Waals surface area contributed by atoms with Gasteiger partial charge in [-0.3, -0.25) is 14.6 Å². The topological polar surface area (TPSA) is 90.4 Å². The van der Waals surface area contributed by atoms with E-state index >= 15 is 0 Å². The Labute approximate surface area is 296 Å². The molecule has 0 spiro atoms. The van der Waals surface area contributed by atoms with E-state index in [0.29, 0.717) is 54.1 Å². The molecule has 5 aliphatic carbocycles. The SMILES string of the molecule is C=C(C)[C@@H]1CC[C@]2(C(=O)CCc3ccccn3)CC[C@]3(C)C(CCC4[C@@]5(C)CCC(OC(=O)CC(C)C)C(C)(C)C5CC[C@]43C)C12.O=C=O. The maximum absolute atomic E-state index is 14.5. The summed E-state index contributed by atoms with van der Waals surface area (Å²) in [6.07, 6.45) is 15.4. The molecule has 0 saturated heterocycles. The van der Waals surface area contributed by atoms with E-state index in [4.69, 9.17) is 14.3 Å². The number of nitrogens with zero attached hydrogens (tertiary/aromatic N) is 1. The number of carbonyl (C=O) groups is 2. The molecule has 5 unspecified atom stereocenters. The van der Waals surface area contributed by atoms with Crippen LogP contribution in [0.1, 0.15) is 138 Å². The Morgan fingerprint density at radius 3 is 2.27 bits per heavy atom. The number of esters is 1. The van der Waals surface area contributed by atoms with E-state index in [1.165, 1.54) is 37.7 Å². The van der Waals surface area contributed by atoms with E-state index < -0.39 is 0 Å². The third kappa shape index (κ3) is 6.21. The van der Waals surface area contributed by atoms with Crippen LogP contribution in [0.5, 0.6) is 0 Å². The zero-order chi connectivity index (χ0) is 36.0. The van der Waals surface area contributed by atoms with Crippen molar-refractivity contribution in [3.63, 3.8) is 0 Å². The lowest BCUT2D eigenvalue weighted by Crippen LogP contribution is -2.67. The average Bonchev–Trinajstić information content (AvgIpc) is 3.44. The van der Waals surface area contributed by atoms with Gasteiger partial charge in [0.2, 0.25) is 0 Å². The van der Waals surface area contributed by atoms with Crippen LogP contribution in [-0.2, 0) is 30.3 Å². The summed E-state index contributed by atoms with van der Waals surface area (Å²) < 4.78 is 6.26. The summed E-state index contributed by atoms with van der Waals surface area (Å²) >= 11 is 0. The van der Waals surface area contributed by atoms with Crippen molar-refractivity contribution in [2.75, 3.05) is 0 Å². The Kier molecular flexibility index (Phi) is 10.6. The molecule has 0 aliphatic heterocycles. The largest absolute Gasteiger partial charge is 0.462 e. The number of ketones is 1. The number of aromatic nitrogens is 1. The second-order valence-corrected chi connectivity index (χ2v) is 18.6. The van der Waals surface area contributed by atoms with Crippen LogP contribution in [0.4, 0.5) is 0 Å². The molecule has 1 aromatic rings. The highest BCUT2D eigenvalue weighted by Crippen LogP contribution is 2.77. The van der Waals surface area contributed by atoms with Crippen LogP contribution in [0.2, 0.25) is 0 Å². The molecule has 0 radical (unpaired) electrons. The summed E-state index contributed by atoms with van der Waals surface area (Å²) in [6, 6.07) is 6.06.